The number of rotatable bonds is 2. The predicted molar refractivity (Wildman–Crippen MR) is 93.9 cm³/mol. The van der Waals surface area contributed by atoms with E-state index in [9.17, 15) is 0 Å². The molecule has 1 aliphatic rings. The van der Waals surface area contributed by atoms with Gasteiger partial charge in [-0.3, -0.25) is 0 Å². The fraction of sp³-hybridized carbons (Fsp3) is 0.118. The van der Waals surface area contributed by atoms with Gasteiger partial charge in [0.15, 0.2) is 0 Å². The normalized spacial score (nSPS) is 13.0. The summed E-state index contributed by atoms with van der Waals surface area (Å²) in [5.41, 5.74) is 4.36. The monoisotopic (exact) mass is 373 g/mol. The van der Waals surface area contributed by atoms with Crippen molar-refractivity contribution in [1.29, 1.82) is 0 Å². The molecule has 0 amide bonds. The van der Waals surface area contributed by atoms with Gasteiger partial charge in [0.25, 0.3) is 0 Å². The molecule has 0 radical (unpaired) electrons. The Morgan fingerprint density at radius 1 is 1.14 bits per heavy atom. The van der Waals surface area contributed by atoms with Crippen molar-refractivity contribution in [3.8, 4) is 16.9 Å². The summed E-state index contributed by atoms with van der Waals surface area (Å²) in [6, 6.07) is 16.0. The molecule has 3 aromatic rings. The van der Waals surface area contributed by atoms with Crippen molar-refractivity contribution >= 4 is 33.3 Å². The quantitative estimate of drug-likeness (QED) is 0.690. The van der Waals surface area contributed by atoms with Crippen molar-refractivity contribution in [3.63, 3.8) is 0 Å². The van der Waals surface area contributed by atoms with Crippen LogP contribution in [0.5, 0.6) is 0 Å². The lowest BCUT2D eigenvalue weighted by Gasteiger charge is -2.06. The molecule has 5 heteroatoms. The second-order valence-corrected chi connectivity index (χ2v) is 6.60. The van der Waals surface area contributed by atoms with Crippen LogP contribution in [0.15, 0.2) is 53.0 Å². The first-order valence-corrected chi connectivity index (χ1v) is 8.27. The summed E-state index contributed by atoms with van der Waals surface area (Å²) in [6.45, 7) is 0.942. The van der Waals surface area contributed by atoms with Gasteiger partial charge in [0.1, 0.15) is 5.82 Å². The van der Waals surface area contributed by atoms with Crippen LogP contribution >= 0.6 is 27.5 Å². The van der Waals surface area contributed by atoms with Crippen molar-refractivity contribution in [2.75, 3.05) is 11.9 Å². The largest absolute Gasteiger partial charge is 0.369 e. The standard InChI is InChI=1S/C17H13BrClN3/c18-12-4-6-14(7-5-12)22-17-15(8-9-20-17)16(21-22)11-2-1-3-13(19)10-11/h1-7,10,20H,8-9H2. The van der Waals surface area contributed by atoms with E-state index in [0.29, 0.717) is 0 Å². The Bertz CT molecular complexity index is 840. The maximum atomic E-state index is 6.13. The first kappa shape index (κ1) is 13.9. The van der Waals surface area contributed by atoms with Crippen LogP contribution in [-0.2, 0) is 6.42 Å². The number of aromatic nitrogens is 2. The highest BCUT2D eigenvalue weighted by Crippen LogP contribution is 2.35. The predicted octanol–water partition coefficient (Wildman–Crippen LogP) is 4.92. The molecule has 2 aromatic carbocycles. The lowest BCUT2D eigenvalue weighted by Crippen LogP contribution is -2.04. The Morgan fingerprint density at radius 3 is 2.73 bits per heavy atom. The van der Waals surface area contributed by atoms with Crippen molar-refractivity contribution < 1.29 is 0 Å². The van der Waals surface area contributed by atoms with Gasteiger partial charge in [-0.25, -0.2) is 4.68 Å². The third-order valence-corrected chi connectivity index (χ3v) is 4.58. The van der Waals surface area contributed by atoms with E-state index >= 15 is 0 Å². The molecular weight excluding hydrogens is 362 g/mol. The second-order valence-electron chi connectivity index (χ2n) is 5.25. The maximum Gasteiger partial charge on any atom is 0.133 e. The number of halogens is 2. The van der Waals surface area contributed by atoms with Crippen molar-refractivity contribution in [3.05, 3.63) is 63.6 Å². The van der Waals surface area contributed by atoms with Gasteiger partial charge in [-0.15, -0.1) is 0 Å². The molecule has 110 valence electrons. The zero-order valence-electron chi connectivity index (χ0n) is 11.7. The van der Waals surface area contributed by atoms with E-state index in [0.717, 1.165) is 45.2 Å². The summed E-state index contributed by atoms with van der Waals surface area (Å²) in [6.07, 6.45) is 0.980. The van der Waals surface area contributed by atoms with Crippen molar-refractivity contribution in [2.24, 2.45) is 0 Å². The van der Waals surface area contributed by atoms with Crippen LogP contribution in [0.25, 0.3) is 16.9 Å². The smallest absolute Gasteiger partial charge is 0.133 e. The molecule has 4 rings (SSSR count). The number of benzene rings is 2. The average Bonchev–Trinajstić information content (AvgIpc) is 3.10. The third-order valence-electron chi connectivity index (χ3n) is 3.82. The minimum atomic E-state index is 0.732. The SMILES string of the molecule is Clc1cccc(-c2nn(-c3ccc(Br)cc3)c3c2CCN3)c1. The van der Waals surface area contributed by atoms with Gasteiger partial charge in [-0.2, -0.15) is 5.10 Å². The van der Waals surface area contributed by atoms with Crippen LogP contribution < -0.4 is 5.32 Å². The molecule has 0 saturated heterocycles. The molecule has 1 aromatic heterocycles. The number of hydrogen-bond acceptors (Lipinski definition) is 2. The van der Waals surface area contributed by atoms with E-state index in [1.54, 1.807) is 0 Å². The van der Waals surface area contributed by atoms with Crippen LogP contribution in [0, 0.1) is 0 Å². The van der Waals surface area contributed by atoms with E-state index in [1.807, 2.05) is 35.0 Å². The maximum absolute atomic E-state index is 6.13. The number of nitrogens with one attached hydrogen (secondary N) is 1. The first-order chi connectivity index (χ1) is 10.7. The molecule has 22 heavy (non-hydrogen) atoms. The van der Waals surface area contributed by atoms with Crippen molar-refractivity contribution in [2.45, 2.75) is 6.42 Å². The highest BCUT2D eigenvalue weighted by Gasteiger charge is 2.23. The summed E-state index contributed by atoms with van der Waals surface area (Å²) in [4.78, 5) is 0. The lowest BCUT2D eigenvalue weighted by atomic mass is 10.1. The van der Waals surface area contributed by atoms with Gasteiger partial charge >= 0.3 is 0 Å². The second kappa shape index (κ2) is 5.45. The Labute approximate surface area is 142 Å². The molecule has 0 bridgehead atoms. The molecule has 0 unspecified atom stereocenters. The highest BCUT2D eigenvalue weighted by atomic mass is 79.9. The highest BCUT2D eigenvalue weighted by molar-refractivity contribution is 9.10. The fourth-order valence-corrected chi connectivity index (χ4v) is 3.27. The number of hydrogen-bond donors (Lipinski definition) is 1. The molecular formula is C17H13BrClN3. The Kier molecular flexibility index (Phi) is 3.43. The number of anilines is 1. The summed E-state index contributed by atoms with van der Waals surface area (Å²) in [5, 5.41) is 9.00. The van der Waals surface area contributed by atoms with E-state index in [2.05, 4.69) is 39.4 Å². The molecule has 0 saturated carbocycles. The van der Waals surface area contributed by atoms with E-state index < -0.39 is 0 Å². The van der Waals surface area contributed by atoms with Gasteiger partial charge < -0.3 is 5.32 Å². The molecule has 0 fully saturated rings. The van der Waals surface area contributed by atoms with Crippen LogP contribution in [0.4, 0.5) is 5.82 Å². The molecule has 0 aliphatic carbocycles. The lowest BCUT2D eigenvalue weighted by molar-refractivity contribution is 0.882. The molecule has 2 heterocycles. The summed E-state index contributed by atoms with van der Waals surface area (Å²) in [5.74, 6) is 1.08. The van der Waals surface area contributed by atoms with Gasteiger partial charge in [0.2, 0.25) is 0 Å². The molecule has 1 aliphatic heterocycles. The molecule has 1 N–H and O–H groups in total. The number of nitrogens with zero attached hydrogens (tertiary/aromatic N) is 2. The molecule has 3 nitrogen and oxygen atoms in total. The Hall–Kier alpha value is -1.78. The van der Waals surface area contributed by atoms with Crippen molar-refractivity contribution in [1.82, 2.24) is 9.78 Å². The molecule has 0 atom stereocenters. The summed E-state index contributed by atoms with van der Waals surface area (Å²) in [7, 11) is 0. The van der Waals surface area contributed by atoms with Gasteiger partial charge in [-0.05, 0) is 42.8 Å². The summed E-state index contributed by atoms with van der Waals surface area (Å²) < 4.78 is 3.04. The Morgan fingerprint density at radius 2 is 1.95 bits per heavy atom. The van der Waals surface area contributed by atoms with Gasteiger partial charge in [-0.1, -0.05) is 39.7 Å². The molecule has 0 spiro atoms. The average molecular weight is 375 g/mol. The topological polar surface area (TPSA) is 29.9 Å². The van der Waals surface area contributed by atoms with Crippen LogP contribution in [-0.4, -0.2) is 16.3 Å². The Balaban J connectivity index is 1.88. The van der Waals surface area contributed by atoms with Gasteiger partial charge in [0.05, 0.1) is 11.4 Å². The van der Waals surface area contributed by atoms with Crippen LogP contribution in [0.1, 0.15) is 5.56 Å². The first-order valence-electron chi connectivity index (χ1n) is 7.10. The fourth-order valence-electron chi connectivity index (χ4n) is 2.81. The zero-order chi connectivity index (χ0) is 15.1. The van der Waals surface area contributed by atoms with E-state index in [-0.39, 0.29) is 0 Å². The van der Waals surface area contributed by atoms with Crippen LogP contribution in [0.2, 0.25) is 5.02 Å². The van der Waals surface area contributed by atoms with Crippen LogP contribution in [0.3, 0.4) is 0 Å². The third kappa shape index (κ3) is 2.32. The number of fused-ring (bicyclic) bond motifs is 1. The van der Waals surface area contributed by atoms with E-state index in [1.165, 1.54) is 5.56 Å². The summed E-state index contributed by atoms with van der Waals surface area (Å²) >= 11 is 9.60. The van der Waals surface area contributed by atoms with Gasteiger partial charge in [0, 0.05) is 27.2 Å². The minimum Gasteiger partial charge on any atom is -0.369 e. The minimum absolute atomic E-state index is 0.732. The van der Waals surface area contributed by atoms with E-state index in [4.69, 9.17) is 16.7 Å². The zero-order valence-corrected chi connectivity index (χ0v) is 14.0.